The van der Waals surface area contributed by atoms with Crippen LogP contribution >= 0.6 is 0 Å². The summed E-state index contributed by atoms with van der Waals surface area (Å²) in [6, 6.07) is 5.46. The summed E-state index contributed by atoms with van der Waals surface area (Å²) in [6.45, 7) is 7.40. The maximum atomic E-state index is 8.78. The van der Waals surface area contributed by atoms with Gasteiger partial charge in [-0.15, -0.1) is 0 Å². The number of anilines is 2. The Morgan fingerprint density at radius 3 is 2.69 bits per heavy atom. The average molecular weight is 218 g/mol. The van der Waals surface area contributed by atoms with Crippen LogP contribution in [0.2, 0.25) is 0 Å². The molecule has 0 aliphatic carbocycles. The highest BCUT2D eigenvalue weighted by Crippen LogP contribution is 2.18. The molecule has 1 heterocycles. The molecule has 1 rings (SSSR count). The van der Waals surface area contributed by atoms with Crippen molar-refractivity contribution in [3.63, 3.8) is 0 Å². The van der Waals surface area contributed by atoms with Crippen LogP contribution in [0.3, 0.4) is 0 Å². The van der Waals surface area contributed by atoms with Gasteiger partial charge in [-0.1, -0.05) is 20.8 Å². The van der Waals surface area contributed by atoms with Crippen molar-refractivity contribution < 1.29 is 0 Å². The second-order valence-electron chi connectivity index (χ2n) is 4.98. The van der Waals surface area contributed by atoms with Crippen LogP contribution in [-0.4, -0.2) is 11.5 Å². The third-order valence-corrected chi connectivity index (χ3v) is 2.21. The number of aromatic nitrogens is 1. The monoisotopic (exact) mass is 218 g/mol. The van der Waals surface area contributed by atoms with Crippen molar-refractivity contribution in [2.45, 2.75) is 27.2 Å². The fourth-order valence-corrected chi connectivity index (χ4v) is 1.22. The molecular weight excluding hydrogens is 200 g/mol. The number of nitrogens with zero attached hydrogens (tertiary/aromatic N) is 2. The van der Waals surface area contributed by atoms with Crippen molar-refractivity contribution >= 4 is 11.5 Å². The largest absolute Gasteiger partial charge is 0.396 e. The van der Waals surface area contributed by atoms with E-state index in [9.17, 15) is 0 Å². The fourth-order valence-electron chi connectivity index (χ4n) is 1.22. The number of nitriles is 1. The van der Waals surface area contributed by atoms with E-state index in [1.54, 1.807) is 12.1 Å². The summed E-state index contributed by atoms with van der Waals surface area (Å²) in [5.41, 5.74) is 6.57. The summed E-state index contributed by atoms with van der Waals surface area (Å²) in [6.07, 6.45) is 1.04. The molecular formula is C12H18N4. The molecule has 0 bridgehead atoms. The van der Waals surface area contributed by atoms with E-state index in [0.717, 1.165) is 13.0 Å². The molecule has 0 unspecified atom stereocenters. The van der Waals surface area contributed by atoms with Gasteiger partial charge in [0.1, 0.15) is 11.9 Å². The molecule has 1 aromatic heterocycles. The number of nitrogens with two attached hydrogens (primary N) is 1. The zero-order valence-electron chi connectivity index (χ0n) is 10.0. The summed E-state index contributed by atoms with van der Waals surface area (Å²) < 4.78 is 0. The van der Waals surface area contributed by atoms with Crippen LogP contribution in [0.1, 0.15) is 32.9 Å². The minimum atomic E-state index is 0.278. The third-order valence-electron chi connectivity index (χ3n) is 2.21. The maximum Gasteiger partial charge on any atom is 0.165 e. The van der Waals surface area contributed by atoms with E-state index in [-0.39, 0.29) is 5.69 Å². The molecule has 3 N–H and O–H groups in total. The van der Waals surface area contributed by atoms with Crippen molar-refractivity contribution in [2.24, 2.45) is 5.41 Å². The molecule has 0 fully saturated rings. The van der Waals surface area contributed by atoms with Gasteiger partial charge in [-0.2, -0.15) is 5.26 Å². The first kappa shape index (κ1) is 12.3. The molecule has 0 spiro atoms. The molecule has 4 heteroatoms. The van der Waals surface area contributed by atoms with Gasteiger partial charge in [0.2, 0.25) is 0 Å². The fraction of sp³-hybridized carbons (Fsp3) is 0.500. The first-order valence-corrected chi connectivity index (χ1v) is 5.33. The van der Waals surface area contributed by atoms with E-state index in [2.05, 4.69) is 31.1 Å². The molecule has 0 saturated heterocycles. The van der Waals surface area contributed by atoms with Gasteiger partial charge in [-0.25, -0.2) is 4.98 Å². The van der Waals surface area contributed by atoms with Crippen molar-refractivity contribution in [1.29, 1.82) is 5.26 Å². The minimum Gasteiger partial charge on any atom is -0.396 e. The van der Waals surface area contributed by atoms with Gasteiger partial charge in [0, 0.05) is 6.54 Å². The molecule has 0 radical (unpaired) electrons. The van der Waals surface area contributed by atoms with Crippen LogP contribution in [0.15, 0.2) is 12.1 Å². The van der Waals surface area contributed by atoms with Gasteiger partial charge < -0.3 is 11.1 Å². The summed E-state index contributed by atoms with van der Waals surface area (Å²) in [4.78, 5) is 4.11. The molecule has 4 nitrogen and oxygen atoms in total. The second kappa shape index (κ2) is 4.84. The predicted molar refractivity (Wildman–Crippen MR) is 65.9 cm³/mol. The van der Waals surface area contributed by atoms with Crippen molar-refractivity contribution in [2.75, 3.05) is 17.6 Å². The Balaban J connectivity index is 2.59. The van der Waals surface area contributed by atoms with E-state index in [4.69, 9.17) is 11.0 Å². The van der Waals surface area contributed by atoms with Gasteiger partial charge in [-0.3, -0.25) is 0 Å². The Kier molecular flexibility index (Phi) is 3.73. The van der Waals surface area contributed by atoms with Crippen molar-refractivity contribution in [3.05, 3.63) is 17.8 Å². The molecule has 1 aromatic rings. The van der Waals surface area contributed by atoms with E-state index in [1.165, 1.54) is 0 Å². The van der Waals surface area contributed by atoms with E-state index in [0.29, 0.717) is 16.9 Å². The topological polar surface area (TPSA) is 74.7 Å². The molecule has 16 heavy (non-hydrogen) atoms. The molecule has 0 aromatic carbocycles. The molecule has 0 aliphatic heterocycles. The first-order valence-electron chi connectivity index (χ1n) is 5.33. The smallest absolute Gasteiger partial charge is 0.165 e. The van der Waals surface area contributed by atoms with Crippen LogP contribution in [0.4, 0.5) is 11.5 Å². The quantitative estimate of drug-likeness (QED) is 0.816. The average Bonchev–Trinajstić information content (AvgIpc) is 2.18. The van der Waals surface area contributed by atoms with Crippen LogP contribution in [0.25, 0.3) is 0 Å². The summed E-state index contributed by atoms with van der Waals surface area (Å²) in [5.74, 6) is 0.704. The van der Waals surface area contributed by atoms with E-state index < -0.39 is 0 Å². The van der Waals surface area contributed by atoms with E-state index >= 15 is 0 Å². The number of hydrogen-bond acceptors (Lipinski definition) is 4. The zero-order chi connectivity index (χ0) is 12.2. The van der Waals surface area contributed by atoms with Crippen molar-refractivity contribution in [1.82, 2.24) is 4.98 Å². The van der Waals surface area contributed by atoms with Gasteiger partial charge >= 0.3 is 0 Å². The standard InChI is InChI=1S/C12H18N4/c1-12(2,3)6-7-15-11-5-4-9(14)10(8-13)16-11/h4-5H,6-7,14H2,1-3H3,(H,15,16). The Morgan fingerprint density at radius 2 is 2.12 bits per heavy atom. The Morgan fingerprint density at radius 1 is 1.44 bits per heavy atom. The molecule has 0 saturated carbocycles. The zero-order valence-corrected chi connectivity index (χ0v) is 10.0. The van der Waals surface area contributed by atoms with Gasteiger partial charge in [0.15, 0.2) is 5.69 Å². The highest BCUT2D eigenvalue weighted by atomic mass is 15.0. The summed E-state index contributed by atoms with van der Waals surface area (Å²) in [7, 11) is 0. The lowest BCUT2D eigenvalue weighted by Gasteiger charge is -2.18. The highest BCUT2D eigenvalue weighted by molar-refractivity contribution is 5.54. The number of rotatable bonds is 3. The summed E-state index contributed by atoms with van der Waals surface area (Å²) in [5, 5.41) is 12.0. The number of pyridine rings is 1. The number of nitrogen functional groups attached to an aromatic ring is 1. The number of nitrogens with one attached hydrogen (secondary N) is 1. The lowest BCUT2D eigenvalue weighted by atomic mass is 9.92. The van der Waals surface area contributed by atoms with Crippen LogP contribution < -0.4 is 11.1 Å². The van der Waals surface area contributed by atoms with Crippen LogP contribution in [-0.2, 0) is 0 Å². The summed E-state index contributed by atoms with van der Waals surface area (Å²) >= 11 is 0. The van der Waals surface area contributed by atoms with Gasteiger partial charge in [-0.05, 0) is 24.0 Å². The normalized spacial score (nSPS) is 10.9. The predicted octanol–water partition coefficient (Wildman–Crippen LogP) is 2.38. The maximum absolute atomic E-state index is 8.78. The molecule has 86 valence electrons. The van der Waals surface area contributed by atoms with Crippen LogP contribution in [0, 0.1) is 16.7 Å². The van der Waals surface area contributed by atoms with Gasteiger partial charge in [0.05, 0.1) is 5.69 Å². The van der Waals surface area contributed by atoms with Crippen molar-refractivity contribution in [3.8, 4) is 6.07 Å². The Labute approximate surface area is 96.5 Å². The number of hydrogen-bond donors (Lipinski definition) is 2. The second-order valence-corrected chi connectivity index (χ2v) is 4.98. The lowest BCUT2D eigenvalue weighted by molar-refractivity contribution is 0.389. The SMILES string of the molecule is CC(C)(C)CCNc1ccc(N)c(C#N)n1. The lowest BCUT2D eigenvalue weighted by Crippen LogP contribution is -2.13. The highest BCUT2D eigenvalue weighted by Gasteiger charge is 2.09. The Bertz CT molecular complexity index is 398. The minimum absolute atomic E-state index is 0.278. The van der Waals surface area contributed by atoms with E-state index in [1.807, 2.05) is 6.07 Å². The molecule has 0 aliphatic rings. The molecule has 0 atom stereocenters. The Hall–Kier alpha value is -1.76. The first-order chi connectivity index (χ1) is 7.42. The third kappa shape index (κ3) is 3.77. The molecule has 0 amide bonds. The van der Waals surface area contributed by atoms with Crippen LogP contribution in [0.5, 0.6) is 0 Å². The van der Waals surface area contributed by atoms with Gasteiger partial charge in [0.25, 0.3) is 0 Å².